The molecule has 6 heteroatoms. The summed E-state index contributed by atoms with van der Waals surface area (Å²) in [7, 11) is 0. The van der Waals surface area contributed by atoms with Crippen LogP contribution >= 0.6 is 22.9 Å². The van der Waals surface area contributed by atoms with E-state index in [9.17, 15) is 4.79 Å². The number of rotatable bonds is 4. The fraction of sp³-hybridized carbons (Fsp3) is 0.538. The van der Waals surface area contributed by atoms with Gasteiger partial charge in [0.15, 0.2) is 0 Å². The van der Waals surface area contributed by atoms with Gasteiger partial charge in [-0.3, -0.25) is 4.79 Å². The van der Waals surface area contributed by atoms with Gasteiger partial charge in [-0.1, -0.05) is 11.6 Å². The summed E-state index contributed by atoms with van der Waals surface area (Å²) in [6.45, 7) is 3.02. The van der Waals surface area contributed by atoms with Crippen LogP contribution in [0.2, 0.25) is 4.34 Å². The van der Waals surface area contributed by atoms with E-state index >= 15 is 0 Å². The van der Waals surface area contributed by atoms with Gasteiger partial charge in [-0.05, 0) is 25.5 Å². The van der Waals surface area contributed by atoms with E-state index in [0.717, 1.165) is 11.3 Å². The summed E-state index contributed by atoms with van der Waals surface area (Å²) in [6.07, 6.45) is 0.817. The van der Waals surface area contributed by atoms with E-state index in [1.165, 1.54) is 11.3 Å². The fourth-order valence-corrected chi connectivity index (χ4v) is 3.15. The van der Waals surface area contributed by atoms with Crippen molar-refractivity contribution in [2.45, 2.75) is 25.3 Å². The number of nitrogens with one attached hydrogen (secondary N) is 1. The van der Waals surface area contributed by atoms with Crippen LogP contribution in [0.15, 0.2) is 12.1 Å². The van der Waals surface area contributed by atoms with Crippen molar-refractivity contribution in [2.75, 3.05) is 13.2 Å². The first-order valence-corrected chi connectivity index (χ1v) is 7.34. The summed E-state index contributed by atoms with van der Waals surface area (Å²) in [6, 6.07) is 5.29. The third-order valence-electron chi connectivity index (χ3n) is 3.29. The van der Waals surface area contributed by atoms with Crippen LogP contribution in [0.1, 0.15) is 24.1 Å². The van der Waals surface area contributed by atoms with Crippen molar-refractivity contribution in [3.05, 3.63) is 21.3 Å². The molecule has 1 aliphatic heterocycles. The van der Waals surface area contributed by atoms with Gasteiger partial charge in [0.25, 0.3) is 0 Å². The zero-order valence-electron chi connectivity index (χ0n) is 10.6. The van der Waals surface area contributed by atoms with Crippen molar-refractivity contribution in [1.29, 1.82) is 5.26 Å². The van der Waals surface area contributed by atoms with Crippen LogP contribution in [0.25, 0.3) is 0 Å². The molecule has 0 saturated carbocycles. The van der Waals surface area contributed by atoms with Crippen molar-refractivity contribution >= 4 is 28.8 Å². The molecule has 1 aromatic heterocycles. The smallest absolute Gasteiger partial charge is 0.229 e. The Balaban J connectivity index is 1.97. The lowest BCUT2D eigenvalue weighted by molar-refractivity contribution is -0.122. The van der Waals surface area contributed by atoms with Gasteiger partial charge < -0.3 is 10.1 Å². The Morgan fingerprint density at radius 1 is 1.68 bits per heavy atom. The Hall–Kier alpha value is -1.09. The van der Waals surface area contributed by atoms with E-state index in [0.29, 0.717) is 17.6 Å². The molecule has 2 heterocycles. The lowest BCUT2D eigenvalue weighted by Crippen LogP contribution is -2.41. The molecule has 102 valence electrons. The highest BCUT2D eigenvalue weighted by atomic mass is 35.5. The van der Waals surface area contributed by atoms with Crippen LogP contribution < -0.4 is 5.32 Å². The molecule has 1 N–H and O–H groups in total. The quantitative estimate of drug-likeness (QED) is 0.929. The maximum absolute atomic E-state index is 12.1. The van der Waals surface area contributed by atoms with E-state index in [-0.39, 0.29) is 17.7 Å². The van der Waals surface area contributed by atoms with E-state index < -0.39 is 6.04 Å². The molecule has 1 saturated heterocycles. The highest BCUT2D eigenvalue weighted by Gasteiger charge is 2.28. The first kappa shape index (κ1) is 14.3. The van der Waals surface area contributed by atoms with Crippen LogP contribution in [0, 0.1) is 17.2 Å². The minimum absolute atomic E-state index is 0.0908. The lowest BCUT2D eigenvalue weighted by Gasteiger charge is -2.19. The molecule has 2 rings (SSSR count). The Morgan fingerprint density at radius 2 is 2.47 bits per heavy atom. The summed E-state index contributed by atoms with van der Waals surface area (Å²) < 4.78 is 5.91. The number of ether oxygens (including phenoxy) is 1. The van der Waals surface area contributed by atoms with Gasteiger partial charge in [0.05, 0.1) is 22.9 Å². The minimum atomic E-state index is -0.479. The molecule has 1 amide bonds. The number of nitriles is 1. The number of hydrogen-bond donors (Lipinski definition) is 1. The molecule has 1 fully saturated rings. The van der Waals surface area contributed by atoms with Gasteiger partial charge in [-0.15, -0.1) is 11.3 Å². The Labute approximate surface area is 121 Å². The highest BCUT2D eigenvalue weighted by Crippen LogP contribution is 2.28. The molecule has 0 radical (unpaired) electrons. The standard InChI is InChI=1S/C13H15ClN2O2S/c1-8(11-2-3-12(14)19-11)13(17)16-10(6-15)9-4-5-18-7-9/h2-3,8-10H,4-5,7H2,1H3,(H,16,17)/t8-,9+,10+/m0/s1. The molecule has 3 atom stereocenters. The average Bonchev–Trinajstić information content (AvgIpc) is 3.05. The minimum Gasteiger partial charge on any atom is -0.381 e. The molecule has 0 unspecified atom stereocenters. The molecular weight excluding hydrogens is 284 g/mol. The predicted octanol–water partition coefficient (Wildman–Crippen LogP) is 2.55. The van der Waals surface area contributed by atoms with E-state index in [2.05, 4.69) is 11.4 Å². The number of carbonyl (C=O) groups excluding carboxylic acids is 1. The van der Waals surface area contributed by atoms with Gasteiger partial charge >= 0.3 is 0 Å². The van der Waals surface area contributed by atoms with Crippen LogP contribution in [0.5, 0.6) is 0 Å². The first-order chi connectivity index (χ1) is 9.11. The zero-order chi connectivity index (χ0) is 13.8. The average molecular weight is 299 g/mol. The van der Waals surface area contributed by atoms with Crippen molar-refractivity contribution in [3.8, 4) is 6.07 Å². The Kier molecular flexibility index (Phi) is 4.81. The summed E-state index contributed by atoms with van der Waals surface area (Å²) in [5, 5.41) is 12.0. The first-order valence-electron chi connectivity index (χ1n) is 6.14. The van der Waals surface area contributed by atoms with Crippen LogP contribution in [-0.2, 0) is 9.53 Å². The number of hydrogen-bond acceptors (Lipinski definition) is 4. The summed E-state index contributed by atoms with van der Waals surface area (Å²) in [5.41, 5.74) is 0. The fourth-order valence-electron chi connectivity index (χ4n) is 2.04. The van der Waals surface area contributed by atoms with Crippen LogP contribution in [0.4, 0.5) is 0 Å². The molecule has 0 aromatic carbocycles. The molecule has 4 nitrogen and oxygen atoms in total. The second kappa shape index (κ2) is 6.38. The molecule has 0 aliphatic carbocycles. The zero-order valence-corrected chi connectivity index (χ0v) is 12.1. The molecule has 0 bridgehead atoms. The summed E-state index contributed by atoms with van der Waals surface area (Å²) in [4.78, 5) is 13.0. The molecular formula is C13H15ClN2O2S. The van der Waals surface area contributed by atoms with Crippen molar-refractivity contribution < 1.29 is 9.53 Å². The lowest BCUT2D eigenvalue weighted by atomic mass is 9.99. The number of nitrogens with zero attached hydrogens (tertiary/aromatic N) is 1. The van der Waals surface area contributed by atoms with E-state index in [1.54, 1.807) is 6.07 Å². The van der Waals surface area contributed by atoms with Gasteiger partial charge in [-0.2, -0.15) is 5.26 Å². The Morgan fingerprint density at radius 3 is 3.00 bits per heavy atom. The third-order valence-corrected chi connectivity index (χ3v) is 4.70. The largest absolute Gasteiger partial charge is 0.381 e. The predicted molar refractivity (Wildman–Crippen MR) is 74.2 cm³/mol. The SMILES string of the molecule is C[C@H](C(=O)N[C@H](C#N)[C@@H]1CCOC1)c1ccc(Cl)s1. The van der Waals surface area contributed by atoms with Crippen molar-refractivity contribution in [2.24, 2.45) is 5.92 Å². The van der Waals surface area contributed by atoms with Crippen LogP contribution in [0.3, 0.4) is 0 Å². The normalized spacial score (nSPS) is 21.6. The second-order valence-electron chi connectivity index (χ2n) is 4.60. The number of halogens is 1. The van der Waals surface area contributed by atoms with E-state index in [1.807, 2.05) is 13.0 Å². The van der Waals surface area contributed by atoms with E-state index in [4.69, 9.17) is 21.6 Å². The number of carbonyl (C=O) groups is 1. The summed E-state index contributed by atoms with van der Waals surface area (Å²) >= 11 is 7.25. The van der Waals surface area contributed by atoms with Gasteiger partial charge in [0.2, 0.25) is 5.91 Å². The van der Waals surface area contributed by atoms with Gasteiger partial charge in [-0.25, -0.2) is 0 Å². The monoisotopic (exact) mass is 298 g/mol. The molecule has 1 aliphatic rings. The van der Waals surface area contributed by atoms with Crippen LogP contribution in [-0.4, -0.2) is 25.2 Å². The number of amides is 1. The van der Waals surface area contributed by atoms with Crippen molar-refractivity contribution in [3.63, 3.8) is 0 Å². The summed E-state index contributed by atoms with van der Waals surface area (Å²) in [5.74, 6) is -0.347. The third kappa shape index (κ3) is 3.47. The van der Waals surface area contributed by atoms with Gasteiger partial charge in [0, 0.05) is 17.4 Å². The molecule has 0 spiro atoms. The Bertz CT molecular complexity index is 491. The molecule has 19 heavy (non-hydrogen) atoms. The highest BCUT2D eigenvalue weighted by molar-refractivity contribution is 7.16. The topological polar surface area (TPSA) is 62.1 Å². The van der Waals surface area contributed by atoms with Gasteiger partial charge in [0.1, 0.15) is 6.04 Å². The second-order valence-corrected chi connectivity index (χ2v) is 6.35. The maximum atomic E-state index is 12.1. The van der Waals surface area contributed by atoms with Crippen molar-refractivity contribution in [1.82, 2.24) is 5.32 Å². The number of thiophene rings is 1. The molecule has 1 aromatic rings. The maximum Gasteiger partial charge on any atom is 0.229 e.